The Kier molecular flexibility index (Phi) is 3.84. The zero-order valence-electron chi connectivity index (χ0n) is 8.28. The molecule has 1 aromatic rings. The van der Waals surface area contributed by atoms with Crippen molar-refractivity contribution in [1.82, 2.24) is 9.97 Å². The van der Waals surface area contributed by atoms with Crippen LogP contribution in [0.15, 0.2) is 12.4 Å². The Morgan fingerprint density at radius 3 is 2.71 bits per heavy atom. The minimum Gasteiger partial charge on any atom is -0.449 e. The van der Waals surface area contributed by atoms with Crippen molar-refractivity contribution in [2.24, 2.45) is 0 Å². The molecule has 0 aliphatic heterocycles. The van der Waals surface area contributed by atoms with E-state index in [1.807, 2.05) is 6.92 Å². The number of nitrogens with one attached hydrogen (secondary N) is 1. The van der Waals surface area contributed by atoms with Crippen LogP contribution < -0.4 is 5.32 Å². The number of anilines is 1. The van der Waals surface area contributed by atoms with Crippen LogP contribution in [0, 0.1) is 6.92 Å². The average Bonchev–Trinajstić information content (AvgIpc) is 2.18. The van der Waals surface area contributed by atoms with Gasteiger partial charge in [0, 0.05) is 0 Å². The number of aryl methyl sites for hydroxylation is 1. The molecule has 0 atom stereocenters. The van der Waals surface area contributed by atoms with Crippen molar-refractivity contribution in [3.05, 3.63) is 18.2 Å². The lowest BCUT2D eigenvalue weighted by Gasteiger charge is -2.04. The Morgan fingerprint density at radius 1 is 1.50 bits per heavy atom. The Bertz CT molecular complexity index is 297. The molecule has 1 aromatic heterocycles. The van der Waals surface area contributed by atoms with Crippen molar-refractivity contribution >= 4 is 11.8 Å². The second-order valence-electron chi connectivity index (χ2n) is 2.78. The van der Waals surface area contributed by atoms with E-state index in [1.54, 1.807) is 6.92 Å². The Labute approximate surface area is 82.5 Å². The van der Waals surface area contributed by atoms with Crippen LogP contribution in [0.3, 0.4) is 0 Å². The van der Waals surface area contributed by atoms with Gasteiger partial charge >= 0.3 is 6.09 Å². The smallest absolute Gasteiger partial charge is 0.411 e. The van der Waals surface area contributed by atoms with Gasteiger partial charge in [0.05, 0.1) is 24.7 Å². The topological polar surface area (TPSA) is 64.1 Å². The highest BCUT2D eigenvalue weighted by Crippen LogP contribution is 2.02. The number of aromatic nitrogens is 2. The molecule has 14 heavy (non-hydrogen) atoms. The van der Waals surface area contributed by atoms with E-state index in [0.717, 1.165) is 6.42 Å². The molecule has 1 heterocycles. The quantitative estimate of drug-likeness (QED) is 0.797. The molecule has 0 unspecified atom stereocenters. The molecule has 5 nitrogen and oxygen atoms in total. The van der Waals surface area contributed by atoms with Gasteiger partial charge in [-0.25, -0.2) is 14.8 Å². The first-order valence-corrected chi connectivity index (χ1v) is 4.44. The maximum absolute atomic E-state index is 11.1. The number of rotatable bonds is 3. The first kappa shape index (κ1) is 10.4. The number of hydrogen-bond donors (Lipinski definition) is 1. The number of carbonyl (C=O) groups is 1. The number of amides is 1. The molecule has 0 fully saturated rings. The van der Waals surface area contributed by atoms with Crippen LogP contribution in [0.1, 0.15) is 19.2 Å². The van der Waals surface area contributed by atoms with Crippen LogP contribution in [-0.4, -0.2) is 22.7 Å². The maximum atomic E-state index is 11.1. The Hall–Kier alpha value is -1.65. The third-order valence-electron chi connectivity index (χ3n) is 1.46. The summed E-state index contributed by atoms with van der Waals surface area (Å²) in [5.74, 6) is 0.664. The number of nitrogens with zero attached hydrogens (tertiary/aromatic N) is 2. The minimum absolute atomic E-state index is 0.415. The van der Waals surface area contributed by atoms with E-state index in [2.05, 4.69) is 15.3 Å². The van der Waals surface area contributed by atoms with Gasteiger partial charge in [-0.15, -0.1) is 0 Å². The van der Waals surface area contributed by atoms with Crippen LogP contribution in [0.5, 0.6) is 0 Å². The molecule has 0 bridgehead atoms. The van der Waals surface area contributed by atoms with Gasteiger partial charge in [0.15, 0.2) is 0 Å². The number of hydrogen-bond acceptors (Lipinski definition) is 4. The van der Waals surface area contributed by atoms with Gasteiger partial charge < -0.3 is 4.74 Å². The second kappa shape index (κ2) is 5.16. The van der Waals surface area contributed by atoms with E-state index in [0.29, 0.717) is 18.1 Å². The van der Waals surface area contributed by atoms with E-state index in [9.17, 15) is 4.79 Å². The maximum Gasteiger partial charge on any atom is 0.411 e. The van der Waals surface area contributed by atoms with Gasteiger partial charge in [-0.05, 0) is 13.3 Å². The van der Waals surface area contributed by atoms with Crippen molar-refractivity contribution in [3.8, 4) is 0 Å². The normalized spacial score (nSPS) is 9.57. The standard InChI is InChI=1S/C9H13N3O2/c1-3-4-14-9(13)12-8-5-10-7(2)11-6-8/h5-6H,3-4H2,1-2H3,(H,12,13). The number of ether oxygens (including phenoxy) is 1. The summed E-state index contributed by atoms with van der Waals surface area (Å²) in [5, 5.41) is 2.52. The van der Waals surface area contributed by atoms with Gasteiger partial charge in [-0.2, -0.15) is 0 Å². The lowest BCUT2D eigenvalue weighted by molar-refractivity contribution is 0.161. The summed E-state index contributed by atoms with van der Waals surface area (Å²) in [6, 6.07) is 0. The third kappa shape index (κ3) is 3.38. The van der Waals surface area contributed by atoms with Crippen molar-refractivity contribution in [3.63, 3.8) is 0 Å². The van der Waals surface area contributed by atoms with Gasteiger partial charge in [0.1, 0.15) is 5.82 Å². The van der Waals surface area contributed by atoms with Crippen molar-refractivity contribution < 1.29 is 9.53 Å². The van der Waals surface area contributed by atoms with E-state index in [-0.39, 0.29) is 0 Å². The molecular formula is C9H13N3O2. The Morgan fingerprint density at radius 2 is 2.14 bits per heavy atom. The zero-order valence-corrected chi connectivity index (χ0v) is 8.28. The first-order chi connectivity index (χ1) is 6.72. The molecule has 1 rings (SSSR count). The first-order valence-electron chi connectivity index (χ1n) is 4.44. The summed E-state index contributed by atoms with van der Waals surface area (Å²) in [6.45, 7) is 4.13. The molecule has 1 N–H and O–H groups in total. The molecule has 0 aliphatic rings. The highest BCUT2D eigenvalue weighted by atomic mass is 16.5. The van der Waals surface area contributed by atoms with Crippen LogP contribution >= 0.6 is 0 Å². The van der Waals surface area contributed by atoms with E-state index >= 15 is 0 Å². The summed E-state index contributed by atoms with van der Waals surface area (Å²) in [7, 11) is 0. The van der Waals surface area contributed by atoms with E-state index in [4.69, 9.17) is 4.74 Å². The van der Waals surface area contributed by atoms with E-state index in [1.165, 1.54) is 12.4 Å². The Balaban J connectivity index is 2.44. The molecule has 0 aromatic carbocycles. The molecule has 0 saturated carbocycles. The van der Waals surface area contributed by atoms with Crippen LogP contribution in [0.25, 0.3) is 0 Å². The fourth-order valence-electron chi connectivity index (χ4n) is 0.806. The molecular weight excluding hydrogens is 182 g/mol. The second-order valence-corrected chi connectivity index (χ2v) is 2.78. The summed E-state index contributed by atoms with van der Waals surface area (Å²) >= 11 is 0. The highest BCUT2D eigenvalue weighted by molar-refractivity contribution is 5.83. The lowest BCUT2D eigenvalue weighted by Crippen LogP contribution is -2.14. The van der Waals surface area contributed by atoms with Gasteiger partial charge in [-0.3, -0.25) is 5.32 Å². The molecule has 0 spiro atoms. The largest absolute Gasteiger partial charge is 0.449 e. The predicted octanol–water partition coefficient (Wildman–Crippen LogP) is 1.74. The fourth-order valence-corrected chi connectivity index (χ4v) is 0.806. The summed E-state index contributed by atoms with van der Waals surface area (Å²) < 4.78 is 4.82. The lowest BCUT2D eigenvalue weighted by atomic mass is 10.5. The average molecular weight is 195 g/mol. The summed E-state index contributed by atoms with van der Waals surface area (Å²) in [4.78, 5) is 18.9. The monoisotopic (exact) mass is 195 g/mol. The molecule has 0 radical (unpaired) electrons. The van der Waals surface area contributed by atoms with Crippen LogP contribution in [0.4, 0.5) is 10.5 Å². The molecule has 5 heteroatoms. The van der Waals surface area contributed by atoms with Gasteiger partial charge in [0.25, 0.3) is 0 Å². The van der Waals surface area contributed by atoms with Crippen LogP contribution in [-0.2, 0) is 4.74 Å². The fraction of sp³-hybridized carbons (Fsp3) is 0.444. The molecule has 76 valence electrons. The molecule has 0 saturated heterocycles. The highest BCUT2D eigenvalue weighted by Gasteiger charge is 2.02. The van der Waals surface area contributed by atoms with Crippen molar-refractivity contribution in [2.45, 2.75) is 20.3 Å². The predicted molar refractivity (Wildman–Crippen MR) is 52.0 cm³/mol. The van der Waals surface area contributed by atoms with E-state index < -0.39 is 6.09 Å². The summed E-state index contributed by atoms with van der Waals surface area (Å²) in [5.41, 5.74) is 0.539. The SMILES string of the molecule is CCCOC(=O)Nc1cnc(C)nc1. The summed E-state index contributed by atoms with van der Waals surface area (Å²) in [6.07, 6.45) is 3.41. The zero-order chi connectivity index (χ0) is 10.4. The van der Waals surface area contributed by atoms with Crippen molar-refractivity contribution in [2.75, 3.05) is 11.9 Å². The molecule has 1 amide bonds. The molecule has 0 aliphatic carbocycles. The number of carbonyl (C=O) groups excluding carboxylic acids is 1. The van der Waals surface area contributed by atoms with Gasteiger partial charge in [-0.1, -0.05) is 6.92 Å². The van der Waals surface area contributed by atoms with Gasteiger partial charge in [0.2, 0.25) is 0 Å². The van der Waals surface area contributed by atoms with Crippen LogP contribution in [0.2, 0.25) is 0 Å². The van der Waals surface area contributed by atoms with Crippen molar-refractivity contribution in [1.29, 1.82) is 0 Å². The third-order valence-corrected chi connectivity index (χ3v) is 1.46. The minimum atomic E-state index is -0.473.